The number of halogens is 1. The molecule has 0 N–H and O–H groups in total. The second kappa shape index (κ2) is 8.04. The highest BCUT2D eigenvalue weighted by atomic mass is 35.5. The van der Waals surface area contributed by atoms with Gasteiger partial charge in [-0.3, -0.25) is 13.7 Å². The first-order valence-electron chi connectivity index (χ1n) is 8.72. The molecule has 0 saturated carbocycles. The number of hydrogen-bond acceptors (Lipinski definition) is 7. The lowest BCUT2D eigenvalue weighted by Gasteiger charge is -2.35. The van der Waals surface area contributed by atoms with Crippen molar-refractivity contribution in [3.63, 3.8) is 0 Å². The number of hydrogen-bond donors (Lipinski definition) is 0. The molecule has 9 heteroatoms. The van der Waals surface area contributed by atoms with Crippen molar-refractivity contribution >= 4 is 50.4 Å². The van der Waals surface area contributed by atoms with Crippen LogP contribution in [0.15, 0.2) is 27.9 Å². The molecule has 3 aromatic heterocycles. The highest BCUT2D eigenvalue weighted by molar-refractivity contribution is 7.19. The predicted octanol–water partition coefficient (Wildman–Crippen LogP) is 3.17. The first-order valence-corrected chi connectivity index (χ1v) is 10.8. The molecular weight excluding hydrogens is 390 g/mol. The van der Waals surface area contributed by atoms with Gasteiger partial charge in [-0.25, -0.2) is 9.97 Å². The zero-order chi connectivity index (χ0) is 17.9. The monoisotopic (exact) mass is 409 g/mol. The van der Waals surface area contributed by atoms with Gasteiger partial charge in [0.25, 0.3) is 5.56 Å². The van der Waals surface area contributed by atoms with E-state index in [9.17, 15) is 4.79 Å². The average Bonchev–Trinajstić information content (AvgIpc) is 3.23. The van der Waals surface area contributed by atoms with Crippen LogP contribution in [0.4, 0.5) is 5.82 Å². The Morgan fingerprint density at radius 1 is 1.04 bits per heavy atom. The summed E-state index contributed by atoms with van der Waals surface area (Å²) in [5.41, 5.74) is 0.167. The summed E-state index contributed by atoms with van der Waals surface area (Å²) in [4.78, 5) is 25.3. The third-order valence-corrected chi connectivity index (χ3v) is 6.95. The second-order valence-electron chi connectivity index (χ2n) is 6.35. The Balaban J connectivity index is 1.22. The van der Waals surface area contributed by atoms with Gasteiger partial charge in [-0.2, -0.15) is 11.3 Å². The molecule has 0 radical (unpaired) electrons. The molecule has 1 aliphatic rings. The van der Waals surface area contributed by atoms with E-state index in [2.05, 4.69) is 25.1 Å². The molecule has 1 aliphatic heterocycles. The van der Waals surface area contributed by atoms with Crippen molar-refractivity contribution in [3.05, 3.63) is 38.7 Å². The van der Waals surface area contributed by atoms with Crippen LogP contribution in [0.3, 0.4) is 0 Å². The largest absolute Gasteiger partial charge is 0.351 e. The first-order chi connectivity index (χ1) is 12.7. The first kappa shape index (κ1) is 17.9. The summed E-state index contributed by atoms with van der Waals surface area (Å²) in [6.45, 7) is 5.72. The van der Waals surface area contributed by atoms with Crippen LogP contribution in [0.5, 0.6) is 0 Å². The summed E-state index contributed by atoms with van der Waals surface area (Å²) < 4.78 is 3.00. The summed E-state index contributed by atoms with van der Waals surface area (Å²) in [5, 5.41) is 5.36. The molecule has 1 fully saturated rings. The van der Waals surface area contributed by atoms with E-state index in [0.717, 1.165) is 68.0 Å². The minimum Gasteiger partial charge on any atom is -0.351 e. The van der Waals surface area contributed by atoms with Crippen molar-refractivity contribution < 1.29 is 0 Å². The molecule has 3 aromatic rings. The third kappa shape index (κ3) is 3.78. The average molecular weight is 410 g/mol. The molecule has 138 valence electrons. The van der Waals surface area contributed by atoms with E-state index in [1.165, 1.54) is 0 Å². The van der Waals surface area contributed by atoms with Crippen LogP contribution in [0.2, 0.25) is 5.15 Å². The van der Waals surface area contributed by atoms with Crippen LogP contribution in [-0.2, 0) is 6.54 Å². The number of rotatable bonds is 6. The molecule has 6 nitrogen and oxygen atoms in total. The molecule has 0 bridgehead atoms. The van der Waals surface area contributed by atoms with E-state index in [-0.39, 0.29) is 5.56 Å². The van der Waals surface area contributed by atoms with E-state index in [0.29, 0.717) is 5.15 Å². The van der Waals surface area contributed by atoms with Gasteiger partial charge in [0.15, 0.2) is 11.0 Å². The maximum absolute atomic E-state index is 12.2. The number of fused-ring (bicyclic) bond motifs is 1. The number of piperazine rings is 1. The van der Waals surface area contributed by atoms with Crippen LogP contribution in [-0.4, -0.2) is 51.5 Å². The number of unbranched alkanes of at least 4 members (excludes halogenated alkanes) is 1. The van der Waals surface area contributed by atoms with Gasteiger partial charge in [-0.1, -0.05) is 23.1 Å². The number of nitrogens with zero attached hydrogens (tertiary/aromatic N) is 5. The number of thiophene rings is 1. The SMILES string of the molecule is O=c1c2cscc2sn1CCCCN1CCN(c2nccnc2Cl)CC1. The molecule has 26 heavy (non-hydrogen) atoms. The summed E-state index contributed by atoms with van der Waals surface area (Å²) in [5.74, 6) is 0.783. The Bertz CT molecular complexity index is 929. The number of anilines is 1. The van der Waals surface area contributed by atoms with Crippen molar-refractivity contribution in [2.75, 3.05) is 37.6 Å². The maximum atomic E-state index is 12.2. The normalized spacial score (nSPS) is 15.8. The van der Waals surface area contributed by atoms with E-state index in [4.69, 9.17) is 11.6 Å². The number of aromatic nitrogens is 3. The van der Waals surface area contributed by atoms with E-state index >= 15 is 0 Å². The van der Waals surface area contributed by atoms with Crippen molar-refractivity contribution in [1.82, 2.24) is 18.8 Å². The molecule has 4 rings (SSSR count). The summed E-state index contributed by atoms with van der Waals surface area (Å²) >= 11 is 9.32. The molecule has 0 amide bonds. The smallest absolute Gasteiger partial charge is 0.269 e. The molecule has 0 aromatic carbocycles. The highest BCUT2D eigenvalue weighted by Gasteiger charge is 2.19. The van der Waals surface area contributed by atoms with Gasteiger partial charge in [0.05, 0.1) is 10.1 Å². The summed E-state index contributed by atoms with van der Waals surface area (Å²) in [6, 6.07) is 0. The molecule has 0 atom stereocenters. The lowest BCUT2D eigenvalue weighted by Crippen LogP contribution is -2.47. The molecular formula is C17H20ClN5OS2. The summed E-state index contributed by atoms with van der Waals surface area (Å²) in [6.07, 6.45) is 5.43. The van der Waals surface area contributed by atoms with Crippen LogP contribution < -0.4 is 10.5 Å². The van der Waals surface area contributed by atoms with E-state index in [1.54, 1.807) is 35.3 Å². The van der Waals surface area contributed by atoms with Crippen LogP contribution in [0.1, 0.15) is 12.8 Å². The van der Waals surface area contributed by atoms with Gasteiger partial charge >= 0.3 is 0 Å². The van der Waals surface area contributed by atoms with Gasteiger partial charge in [0, 0.05) is 55.9 Å². The Kier molecular flexibility index (Phi) is 5.54. The Morgan fingerprint density at radius 2 is 1.81 bits per heavy atom. The highest BCUT2D eigenvalue weighted by Crippen LogP contribution is 2.22. The van der Waals surface area contributed by atoms with Crippen molar-refractivity contribution in [1.29, 1.82) is 0 Å². The van der Waals surface area contributed by atoms with Gasteiger partial charge in [0.2, 0.25) is 0 Å². The lowest BCUT2D eigenvalue weighted by molar-refractivity contribution is 0.251. The maximum Gasteiger partial charge on any atom is 0.269 e. The zero-order valence-corrected chi connectivity index (χ0v) is 16.7. The van der Waals surface area contributed by atoms with Crippen molar-refractivity contribution in [3.8, 4) is 0 Å². The van der Waals surface area contributed by atoms with Crippen molar-refractivity contribution in [2.45, 2.75) is 19.4 Å². The fourth-order valence-electron chi connectivity index (χ4n) is 3.25. The van der Waals surface area contributed by atoms with Crippen LogP contribution in [0, 0.1) is 0 Å². The lowest BCUT2D eigenvalue weighted by atomic mass is 10.2. The Hall–Kier alpha value is -1.48. The van der Waals surface area contributed by atoms with Crippen molar-refractivity contribution in [2.24, 2.45) is 0 Å². The van der Waals surface area contributed by atoms with Crippen LogP contribution >= 0.6 is 34.5 Å². The van der Waals surface area contributed by atoms with Gasteiger partial charge < -0.3 is 4.90 Å². The predicted molar refractivity (Wildman–Crippen MR) is 109 cm³/mol. The fourth-order valence-corrected chi connectivity index (χ4v) is 5.46. The van der Waals surface area contributed by atoms with E-state index < -0.39 is 0 Å². The topological polar surface area (TPSA) is 54.3 Å². The molecule has 0 aliphatic carbocycles. The minimum absolute atomic E-state index is 0.167. The molecule has 0 spiro atoms. The van der Waals surface area contributed by atoms with Gasteiger partial charge in [0.1, 0.15) is 0 Å². The number of aryl methyl sites for hydroxylation is 1. The van der Waals surface area contributed by atoms with E-state index in [1.807, 2.05) is 9.34 Å². The molecule has 4 heterocycles. The molecule has 1 saturated heterocycles. The third-order valence-electron chi connectivity index (χ3n) is 4.69. The zero-order valence-electron chi connectivity index (χ0n) is 14.3. The van der Waals surface area contributed by atoms with Crippen LogP contribution in [0.25, 0.3) is 10.1 Å². The summed E-state index contributed by atoms with van der Waals surface area (Å²) in [7, 11) is 0. The van der Waals surface area contributed by atoms with Gasteiger partial charge in [-0.15, -0.1) is 0 Å². The Labute approximate surface area is 164 Å². The molecule has 0 unspecified atom stereocenters. The standard InChI is InChI=1S/C17H20ClN5OS2/c18-15-16(20-4-3-19-15)22-9-7-21(8-10-22)5-1-2-6-23-17(24)13-11-25-12-14(13)26-23/h3-4,11-12H,1-2,5-10H2. The quantitative estimate of drug-likeness (QED) is 0.585. The minimum atomic E-state index is 0.167. The Morgan fingerprint density at radius 3 is 2.58 bits per heavy atom. The fraction of sp³-hybridized carbons (Fsp3) is 0.471. The van der Waals surface area contributed by atoms with Gasteiger partial charge in [-0.05, 0) is 19.4 Å². The second-order valence-corrected chi connectivity index (χ2v) is 8.52.